The molecular weight excluding hydrogens is 358 g/mol. The summed E-state index contributed by atoms with van der Waals surface area (Å²) in [6, 6.07) is 10.5. The van der Waals surface area contributed by atoms with Crippen LogP contribution in [0.25, 0.3) is 0 Å². The maximum Gasteiger partial charge on any atom is 0.222 e. The van der Waals surface area contributed by atoms with E-state index in [0.29, 0.717) is 23.4 Å². The number of rotatable bonds is 4. The lowest BCUT2D eigenvalue weighted by molar-refractivity contribution is -0.134. The van der Waals surface area contributed by atoms with Gasteiger partial charge in [-0.2, -0.15) is 0 Å². The molecule has 0 aliphatic carbocycles. The predicted octanol–water partition coefficient (Wildman–Crippen LogP) is 3.45. The van der Waals surface area contributed by atoms with Crippen LogP contribution in [0.2, 0.25) is 0 Å². The van der Waals surface area contributed by atoms with E-state index in [4.69, 9.17) is 10.5 Å². The van der Waals surface area contributed by atoms with E-state index in [1.54, 1.807) is 0 Å². The second-order valence-electron chi connectivity index (χ2n) is 7.66. The zero-order valence-corrected chi connectivity index (χ0v) is 16.4. The van der Waals surface area contributed by atoms with Gasteiger partial charge in [0.05, 0.1) is 5.69 Å². The van der Waals surface area contributed by atoms with Crippen LogP contribution in [0.3, 0.4) is 0 Å². The van der Waals surface area contributed by atoms with Crippen LogP contribution < -0.4 is 5.73 Å². The number of hydrogen-bond donors (Lipinski definition) is 1. The number of aromatic nitrogens is 1. The molecule has 4 rings (SSSR count). The number of ether oxygens (including phenoxy) is 1. The van der Waals surface area contributed by atoms with Crippen LogP contribution in [0, 0.1) is 5.92 Å². The van der Waals surface area contributed by atoms with Gasteiger partial charge < -0.3 is 15.4 Å². The minimum atomic E-state index is -0.148. The molecule has 0 bridgehead atoms. The van der Waals surface area contributed by atoms with Gasteiger partial charge in [-0.25, -0.2) is 4.98 Å². The number of nitrogens with two attached hydrogens (primary N) is 1. The number of carbonyl (C=O) groups is 1. The fraction of sp³-hybridized carbons (Fsp3) is 0.524. The molecule has 0 unspecified atom stereocenters. The summed E-state index contributed by atoms with van der Waals surface area (Å²) >= 11 is 1.50. The van der Waals surface area contributed by atoms with E-state index < -0.39 is 0 Å². The summed E-state index contributed by atoms with van der Waals surface area (Å²) in [7, 11) is 0. The van der Waals surface area contributed by atoms with Crippen molar-refractivity contribution >= 4 is 22.4 Å². The molecule has 5 nitrogen and oxygen atoms in total. The Balaban J connectivity index is 1.49. The SMILES string of the molecule is Nc1nc(C2(c3ccccc3)CCN(C(=O)CC3CCOCC3)CC2)cs1. The summed E-state index contributed by atoms with van der Waals surface area (Å²) in [5.41, 5.74) is 8.11. The molecule has 2 fully saturated rings. The third-order valence-electron chi connectivity index (χ3n) is 6.11. The van der Waals surface area contributed by atoms with Crippen LogP contribution in [0.15, 0.2) is 35.7 Å². The fourth-order valence-electron chi connectivity index (χ4n) is 4.42. The number of likely N-dealkylation sites (tertiary alicyclic amines) is 1. The first-order valence-corrected chi connectivity index (χ1v) is 10.7. The van der Waals surface area contributed by atoms with Crippen LogP contribution in [0.4, 0.5) is 5.13 Å². The summed E-state index contributed by atoms with van der Waals surface area (Å²) in [6.45, 7) is 3.13. The number of benzene rings is 1. The second-order valence-corrected chi connectivity index (χ2v) is 8.55. The number of nitrogen functional groups attached to an aromatic ring is 1. The third-order valence-corrected chi connectivity index (χ3v) is 6.79. The van der Waals surface area contributed by atoms with Crippen molar-refractivity contribution in [2.24, 2.45) is 5.92 Å². The molecule has 2 aliphatic rings. The van der Waals surface area contributed by atoms with Gasteiger partial charge >= 0.3 is 0 Å². The highest BCUT2D eigenvalue weighted by Gasteiger charge is 2.40. The summed E-state index contributed by atoms with van der Waals surface area (Å²) in [4.78, 5) is 19.5. The van der Waals surface area contributed by atoms with Crippen LogP contribution in [0.1, 0.15) is 43.4 Å². The largest absolute Gasteiger partial charge is 0.381 e. The van der Waals surface area contributed by atoms with E-state index in [1.165, 1.54) is 16.9 Å². The molecule has 1 aromatic heterocycles. The molecule has 0 radical (unpaired) electrons. The molecule has 2 N–H and O–H groups in total. The molecular formula is C21H27N3O2S. The van der Waals surface area contributed by atoms with Crippen molar-refractivity contribution in [1.29, 1.82) is 0 Å². The molecule has 1 aromatic carbocycles. The molecule has 2 aromatic rings. The summed E-state index contributed by atoms with van der Waals surface area (Å²) < 4.78 is 5.41. The second kappa shape index (κ2) is 7.98. The monoisotopic (exact) mass is 385 g/mol. The van der Waals surface area contributed by atoms with E-state index in [2.05, 4.69) is 34.6 Å². The molecule has 144 valence electrons. The molecule has 0 atom stereocenters. The van der Waals surface area contributed by atoms with Crippen molar-refractivity contribution in [3.8, 4) is 0 Å². The van der Waals surface area contributed by atoms with Gasteiger partial charge in [-0.3, -0.25) is 4.79 Å². The van der Waals surface area contributed by atoms with Crippen molar-refractivity contribution in [2.45, 2.75) is 37.5 Å². The van der Waals surface area contributed by atoms with Crippen LogP contribution >= 0.6 is 11.3 Å². The quantitative estimate of drug-likeness (QED) is 0.875. The zero-order chi connectivity index (χ0) is 18.7. The van der Waals surface area contributed by atoms with Crippen molar-refractivity contribution in [3.63, 3.8) is 0 Å². The van der Waals surface area contributed by atoms with E-state index in [9.17, 15) is 4.79 Å². The highest BCUT2D eigenvalue weighted by molar-refractivity contribution is 7.13. The smallest absolute Gasteiger partial charge is 0.222 e. The number of anilines is 1. The Morgan fingerprint density at radius 3 is 2.56 bits per heavy atom. The van der Waals surface area contributed by atoms with Crippen LogP contribution in [-0.2, 0) is 14.9 Å². The zero-order valence-electron chi connectivity index (χ0n) is 15.6. The van der Waals surface area contributed by atoms with Crippen molar-refractivity contribution in [3.05, 3.63) is 47.0 Å². The van der Waals surface area contributed by atoms with Gasteiger partial charge in [0.25, 0.3) is 0 Å². The Hall–Kier alpha value is -1.92. The maximum absolute atomic E-state index is 12.8. The van der Waals surface area contributed by atoms with Crippen LogP contribution in [0.5, 0.6) is 0 Å². The minimum absolute atomic E-state index is 0.148. The van der Waals surface area contributed by atoms with Crippen molar-refractivity contribution in [1.82, 2.24) is 9.88 Å². The average molecular weight is 386 g/mol. The lowest BCUT2D eigenvalue weighted by atomic mass is 9.70. The van der Waals surface area contributed by atoms with Gasteiger partial charge in [-0.15, -0.1) is 11.3 Å². The van der Waals surface area contributed by atoms with Crippen molar-refractivity contribution < 1.29 is 9.53 Å². The Labute approximate surface area is 164 Å². The van der Waals surface area contributed by atoms with Crippen LogP contribution in [-0.4, -0.2) is 42.1 Å². The van der Waals surface area contributed by atoms with Gasteiger partial charge in [0, 0.05) is 43.5 Å². The lowest BCUT2D eigenvalue weighted by Crippen LogP contribution is -2.46. The molecule has 6 heteroatoms. The van der Waals surface area contributed by atoms with Gasteiger partial charge in [0.15, 0.2) is 5.13 Å². The molecule has 2 aliphatic heterocycles. The Bertz CT molecular complexity index is 763. The van der Waals surface area contributed by atoms with Crippen molar-refractivity contribution in [2.75, 3.05) is 32.0 Å². The number of hydrogen-bond acceptors (Lipinski definition) is 5. The van der Waals surface area contributed by atoms with E-state index >= 15 is 0 Å². The predicted molar refractivity (Wildman–Crippen MR) is 108 cm³/mol. The lowest BCUT2D eigenvalue weighted by Gasteiger charge is -2.42. The van der Waals surface area contributed by atoms with E-state index in [0.717, 1.165) is 57.7 Å². The average Bonchev–Trinajstić information content (AvgIpc) is 3.16. The molecule has 1 amide bonds. The standard InChI is InChI=1S/C21H27N3O2S/c22-20-23-18(15-27-20)21(17-4-2-1-3-5-17)8-10-24(11-9-21)19(25)14-16-6-12-26-13-7-16/h1-5,15-16H,6-14H2,(H2,22,23). The summed E-state index contributed by atoms with van der Waals surface area (Å²) in [5.74, 6) is 0.770. The number of nitrogens with zero attached hydrogens (tertiary/aromatic N) is 2. The third kappa shape index (κ3) is 3.87. The van der Waals surface area contributed by atoms with Gasteiger partial charge in [0.2, 0.25) is 5.91 Å². The van der Waals surface area contributed by atoms with E-state index in [-0.39, 0.29) is 5.41 Å². The molecule has 27 heavy (non-hydrogen) atoms. The fourth-order valence-corrected chi connectivity index (χ4v) is 5.08. The first kappa shape index (κ1) is 18.4. The maximum atomic E-state index is 12.8. The topological polar surface area (TPSA) is 68.5 Å². The molecule has 3 heterocycles. The molecule has 0 saturated carbocycles. The first-order valence-electron chi connectivity index (χ1n) is 9.80. The molecule has 0 spiro atoms. The highest BCUT2D eigenvalue weighted by atomic mass is 32.1. The number of carbonyl (C=O) groups excluding carboxylic acids is 1. The van der Waals surface area contributed by atoms with E-state index in [1.807, 2.05) is 11.0 Å². The first-order chi connectivity index (χ1) is 13.2. The Kier molecular flexibility index (Phi) is 5.45. The normalized spacial score (nSPS) is 20.5. The number of amides is 1. The van der Waals surface area contributed by atoms with Gasteiger partial charge in [-0.05, 0) is 37.2 Å². The Morgan fingerprint density at radius 2 is 1.93 bits per heavy atom. The van der Waals surface area contributed by atoms with Gasteiger partial charge in [0.1, 0.15) is 0 Å². The summed E-state index contributed by atoms with van der Waals surface area (Å²) in [6.07, 6.45) is 4.45. The molecule has 2 saturated heterocycles. The highest BCUT2D eigenvalue weighted by Crippen LogP contribution is 2.42. The van der Waals surface area contributed by atoms with Gasteiger partial charge in [-0.1, -0.05) is 30.3 Å². The minimum Gasteiger partial charge on any atom is -0.381 e. The number of thiazole rings is 1. The Morgan fingerprint density at radius 1 is 1.22 bits per heavy atom. The number of piperidine rings is 1. The summed E-state index contributed by atoms with van der Waals surface area (Å²) in [5, 5.41) is 2.69.